The number of allylic oxidation sites excluding steroid dienone is 4. The van der Waals surface area contributed by atoms with Crippen molar-refractivity contribution >= 4 is 12.4 Å². The summed E-state index contributed by atoms with van der Waals surface area (Å²) in [6.07, 6.45) is 5.62. The van der Waals surface area contributed by atoms with E-state index in [1.165, 1.54) is 0 Å². The molecule has 0 aliphatic heterocycles. The van der Waals surface area contributed by atoms with Crippen molar-refractivity contribution in [1.29, 1.82) is 10.8 Å². The Labute approximate surface area is 60.3 Å². The van der Waals surface area contributed by atoms with Gasteiger partial charge < -0.3 is 16.6 Å². The zero-order chi connectivity index (χ0) is 7.98. The van der Waals surface area contributed by atoms with E-state index < -0.39 is 0 Å². The molecular weight excluding hydrogens is 126 g/mol. The third-order valence-electron chi connectivity index (χ3n) is 0.991. The first-order chi connectivity index (χ1) is 4.76. The van der Waals surface area contributed by atoms with Crippen LogP contribution in [-0.2, 0) is 0 Å². The van der Waals surface area contributed by atoms with Crippen molar-refractivity contribution < 1.29 is 0 Å². The van der Waals surface area contributed by atoms with E-state index in [9.17, 15) is 0 Å². The standard InChI is InChI=1S/C7H11N3/c1-2-3-6(4-8)7(10)5-9/h2-5,8-9H,10H2,1H3/b3-2-,7-6?,8-4?,9-5?. The summed E-state index contributed by atoms with van der Waals surface area (Å²) >= 11 is 0. The molecule has 0 aliphatic carbocycles. The Morgan fingerprint density at radius 2 is 1.90 bits per heavy atom. The molecule has 0 saturated carbocycles. The van der Waals surface area contributed by atoms with E-state index in [-0.39, 0.29) is 0 Å². The molecule has 3 nitrogen and oxygen atoms in total. The molecule has 0 aromatic carbocycles. The lowest BCUT2D eigenvalue weighted by atomic mass is 10.2. The SMILES string of the molecule is C/C=C\C(C=N)=C(N)C=N. The van der Waals surface area contributed by atoms with Crippen LogP contribution in [0.15, 0.2) is 23.4 Å². The van der Waals surface area contributed by atoms with Crippen LogP contribution in [0.1, 0.15) is 6.92 Å². The monoisotopic (exact) mass is 137 g/mol. The number of rotatable bonds is 3. The van der Waals surface area contributed by atoms with E-state index in [2.05, 4.69) is 0 Å². The molecule has 0 rings (SSSR count). The van der Waals surface area contributed by atoms with Crippen LogP contribution in [-0.4, -0.2) is 12.4 Å². The molecule has 0 spiro atoms. The van der Waals surface area contributed by atoms with Crippen molar-refractivity contribution in [2.75, 3.05) is 0 Å². The van der Waals surface area contributed by atoms with Crippen LogP contribution in [0.4, 0.5) is 0 Å². The van der Waals surface area contributed by atoms with Crippen molar-refractivity contribution in [3.63, 3.8) is 0 Å². The van der Waals surface area contributed by atoms with Gasteiger partial charge in [0.2, 0.25) is 0 Å². The highest BCUT2D eigenvalue weighted by Crippen LogP contribution is 1.94. The number of hydrogen-bond acceptors (Lipinski definition) is 3. The fraction of sp³-hybridized carbons (Fsp3) is 0.143. The molecule has 0 heterocycles. The van der Waals surface area contributed by atoms with E-state index in [1.54, 1.807) is 12.2 Å². The molecule has 0 radical (unpaired) electrons. The lowest BCUT2D eigenvalue weighted by Gasteiger charge is -1.93. The van der Waals surface area contributed by atoms with E-state index in [0.29, 0.717) is 11.3 Å². The first-order valence-electron chi connectivity index (χ1n) is 2.89. The van der Waals surface area contributed by atoms with Gasteiger partial charge in [-0.3, -0.25) is 0 Å². The third-order valence-corrected chi connectivity index (χ3v) is 0.991. The molecule has 54 valence electrons. The minimum absolute atomic E-state index is 0.313. The zero-order valence-electron chi connectivity index (χ0n) is 5.89. The summed E-state index contributed by atoms with van der Waals surface area (Å²) in [7, 11) is 0. The maximum absolute atomic E-state index is 6.88. The van der Waals surface area contributed by atoms with Crippen LogP contribution in [0.25, 0.3) is 0 Å². The fourth-order valence-electron chi connectivity index (χ4n) is 0.491. The molecule has 0 amide bonds. The van der Waals surface area contributed by atoms with Crippen LogP contribution < -0.4 is 5.73 Å². The Morgan fingerprint density at radius 3 is 2.20 bits per heavy atom. The van der Waals surface area contributed by atoms with Crippen LogP contribution in [0.2, 0.25) is 0 Å². The average Bonchev–Trinajstić information content (AvgIpc) is 1.99. The first-order valence-corrected chi connectivity index (χ1v) is 2.89. The van der Waals surface area contributed by atoms with Gasteiger partial charge in [0.25, 0.3) is 0 Å². The van der Waals surface area contributed by atoms with Crippen molar-refractivity contribution in [1.82, 2.24) is 0 Å². The lowest BCUT2D eigenvalue weighted by molar-refractivity contribution is 1.41. The molecule has 0 unspecified atom stereocenters. The molecule has 4 N–H and O–H groups in total. The summed E-state index contributed by atoms with van der Waals surface area (Å²) in [6.45, 7) is 1.83. The lowest BCUT2D eigenvalue weighted by Crippen LogP contribution is -2.02. The average molecular weight is 137 g/mol. The quantitative estimate of drug-likeness (QED) is 0.395. The molecule has 3 heteroatoms. The highest BCUT2D eigenvalue weighted by molar-refractivity contribution is 5.90. The van der Waals surface area contributed by atoms with Gasteiger partial charge >= 0.3 is 0 Å². The predicted molar refractivity (Wildman–Crippen MR) is 43.6 cm³/mol. The number of nitrogens with two attached hydrogens (primary N) is 1. The van der Waals surface area contributed by atoms with Gasteiger partial charge in [0.05, 0.1) is 5.70 Å². The highest BCUT2D eigenvalue weighted by Gasteiger charge is 1.90. The molecule has 0 aliphatic rings. The fourth-order valence-corrected chi connectivity index (χ4v) is 0.491. The van der Waals surface area contributed by atoms with Gasteiger partial charge in [0.15, 0.2) is 0 Å². The summed E-state index contributed by atoms with van der Waals surface area (Å²) in [5.74, 6) is 0. The molecule has 10 heavy (non-hydrogen) atoms. The van der Waals surface area contributed by atoms with Gasteiger partial charge in [-0.25, -0.2) is 0 Å². The van der Waals surface area contributed by atoms with Crippen LogP contribution in [0.5, 0.6) is 0 Å². The second-order valence-corrected chi connectivity index (χ2v) is 1.70. The Kier molecular flexibility index (Phi) is 3.87. The molecule has 0 bridgehead atoms. The number of nitrogens with one attached hydrogen (secondary N) is 2. The van der Waals surface area contributed by atoms with Crippen LogP contribution >= 0.6 is 0 Å². The van der Waals surface area contributed by atoms with Crippen molar-refractivity contribution in [2.24, 2.45) is 5.73 Å². The summed E-state index contributed by atoms with van der Waals surface area (Å²) in [6, 6.07) is 0. The molecule has 0 aromatic rings. The summed E-state index contributed by atoms with van der Waals surface area (Å²) in [5.41, 5.74) is 6.23. The molecule has 0 saturated heterocycles. The Morgan fingerprint density at radius 1 is 1.30 bits per heavy atom. The van der Waals surface area contributed by atoms with Crippen molar-refractivity contribution in [3.05, 3.63) is 23.4 Å². The van der Waals surface area contributed by atoms with Crippen LogP contribution in [0, 0.1) is 10.8 Å². The van der Waals surface area contributed by atoms with E-state index in [1.807, 2.05) is 6.92 Å². The maximum Gasteiger partial charge on any atom is 0.0581 e. The summed E-state index contributed by atoms with van der Waals surface area (Å²) in [5, 5.41) is 13.7. The van der Waals surface area contributed by atoms with E-state index >= 15 is 0 Å². The minimum Gasteiger partial charge on any atom is -0.397 e. The first kappa shape index (κ1) is 8.62. The van der Waals surface area contributed by atoms with E-state index in [4.69, 9.17) is 16.6 Å². The van der Waals surface area contributed by atoms with Gasteiger partial charge in [0, 0.05) is 18.0 Å². The van der Waals surface area contributed by atoms with Gasteiger partial charge in [-0.1, -0.05) is 12.2 Å². The third kappa shape index (κ3) is 2.26. The summed E-state index contributed by atoms with van der Waals surface area (Å²) in [4.78, 5) is 0. The smallest absolute Gasteiger partial charge is 0.0581 e. The van der Waals surface area contributed by atoms with Gasteiger partial charge in [-0.15, -0.1) is 0 Å². The molecule has 0 atom stereocenters. The van der Waals surface area contributed by atoms with Crippen LogP contribution in [0.3, 0.4) is 0 Å². The topological polar surface area (TPSA) is 73.7 Å². The van der Waals surface area contributed by atoms with Gasteiger partial charge in [0.1, 0.15) is 0 Å². The Balaban J connectivity index is 4.61. The highest BCUT2D eigenvalue weighted by atomic mass is 14.6. The molecule has 0 fully saturated rings. The second kappa shape index (κ2) is 4.49. The Hall–Kier alpha value is -1.38. The maximum atomic E-state index is 6.88. The largest absolute Gasteiger partial charge is 0.397 e. The van der Waals surface area contributed by atoms with E-state index in [0.717, 1.165) is 12.4 Å². The minimum atomic E-state index is 0.313. The summed E-state index contributed by atoms with van der Waals surface area (Å²) < 4.78 is 0. The molecular formula is C7H11N3. The normalized spacial score (nSPS) is 12.9. The predicted octanol–water partition coefficient (Wildman–Crippen LogP) is 1.07. The molecule has 0 aromatic heterocycles. The Bertz CT molecular complexity index is 189. The number of hydrogen-bond donors (Lipinski definition) is 3. The van der Waals surface area contributed by atoms with Crippen molar-refractivity contribution in [3.8, 4) is 0 Å². The van der Waals surface area contributed by atoms with Crippen molar-refractivity contribution in [2.45, 2.75) is 6.92 Å². The second-order valence-electron chi connectivity index (χ2n) is 1.70. The van der Waals surface area contributed by atoms with Gasteiger partial charge in [-0.2, -0.15) is 0 Å². The zero-order valence-corrected chi connectivity index (χ0v) is 5.89. The van der Waals surface area contributed by atoms with Gasteiger partial charge in [-0.05, 0) is 6.92 Å².